The molecule has 10 heteroatoms. The van der Waals surface area contributed by atoms with Crippen LogP contribution in [0.3, 0.4) is 0 Å². The van der Waals surface area contributed by atoms with Crippen LogP contribution in [0.15, 0.2) is 17.2 Å². The van der Waals surface area contributed by atoms with E-state index in [1.54, 1.807) is 0 Å². The second-order valence-electron chi connectivity index (χ2n) is 3.33. The van der Waals surface area contributed by atoms with Crippen molar-refractivity contribution in [1.82, 2.24) is 9.71 Å². The summed E-state index contributed by atoms with van der Waals surface area (Å²) in [6.07, 6.45) is -4.08. The molecule has 4 nitrogen and oxygen atoms in total. The molecular weight excluding hydrogens is 300 g/mol. The highest BCUT2D eigenvalue weighted by Crippen LogP contribution is 2.22. The van der Waals surface area contributed by atoms with Crippen molar-refractivity contribution in [2.24, 2.45) is 0 Å². The lowest BCUT2D eigenvalue weighted by atomic mass is 10.4. The molecule has 0 aliphatic carbocycles. The highest BCUT2D eigenvalue weighted by atomic mass is 35.5. The van der Waals surface area contributed by atoms with Crippen molar-refractivity contribution in [2.75, 3.05) is 0 Å². The van der Waals surface area contributed by atoms with Crippen molar-refractivity contribution in [2.45, 2.75) is 24.0 Å². The molecule has 1 aromatic rings. The van der Waals surface area contributed by atoms with Crippen LogP contribution in [0.5, 0.6) is 0 Å². The smallest absolute Gasteiger partial charge is 0.240 e. The molecule has 0 aromatic carbocycles. The Bertz CT molecular complexity index is 547. The van der Waals surface area contributed by atoms with E-state index < -0.39 is 38.1 Å². The van der Waals surface area contributed by atoms with E-state index in [0.717, 1.165) is 0 Å². The minimum Gasteiger partial charge on any atom is -0.240 e. The number of nitrogens with one attached hydrogen (secondary N) is 1. The Balaban J connectivity index is 3.04. The van der Waals surface area contributed by atoms with E-state index in [1.165, 1.54) is 4.72 Å². The maximum Gasteiger partial charge on any atom is 0.404 e. The summed E-state index contributed by atoms with van der Waals surface area (Å²) in [6, 6.07) is -1.82. The Morgan fingerprint density at radius 3 is 2.44 bits per heavy atom. The lowest BCUT2D eigenvalue weighted by molar-refractivity contribution is -0.147. The molecule has 102 valence electrons. The van der Waals surface area contributed by atoms with Crippen molar-refractivity contribution < 1.29 is 26.0 Å². The van der Waals surface area contributed by atoms with Crippen LogP contribution in [0.2, 0.25) is 5.15 Å². The number of sulfonamides is 1. The van der Waals surface area contributed by atoms with Crippen LogP contribution in [0.1, 0.15) is 6.92 Å². The zero-order valence-electron chi connectivity index (χ0n) is 8.79. The lowest BCUT2D eigenvalue weighted by Gasteiger charge is -2.17. The third-order valence-corrected chi connectivity index (χ3v) is 3.69. The van der Waals surface area contributed by atoms with Crippen molar-refractivity contribution in [3.63, 3.8) is 0 Å². The molecule has 0 saturated carbocycles. The fourth-order valence-electron chi connectivity index (χ4n) is 0.918. The fraction of sp³-hybridized carbons (Fsp3) is 0.375. The van der Waals surface area contributed by atoms with Crippen LogP contribution in [0.25, 0.3) is 0 Å². The molecule has 1 aromatic heterocycles. The molecule has 0 aliphatic heterocycles. The first kappa shape index (κ1) is 15.1. The molecule has 18 heavy (non-hydrogen) atoms. The van der Waals surface area contributed by atoms with Gasteiger partial charge in [-0.3, -0.25) is 0 Å². The van der Waals surface area contributed by atoms with Crippen LogP contribution in [0.4, 0.5) is 17.6 Å². The molecule has 1 heterocycles. The second-order valence-corrected chi connectivity index (χ2v) is 5.40. The molecule has 0 bridgehead atoms. The molecule has 0 radical (unpaired) electrons. The van der Waals surface area contributed by atoms with Crippen molar-refractivity contribution in [3.05, 3.63) is 23.2 Å². The molecule has 0 unspecified atom stereocenters. The van der Waals surface area contributed by atoms with E-state index in [-0.39, 0.29) is 0 Å². The largest absolute Gasteiger partial charge is 0.404 e. The topological polar surface area (TPSA) is 59.1 Å². The summed E-state index contributed by atoms with van der Waals surface area (Å²) in [5.74, 6) is -1.14. The van der Waals surface area contributed by atoms with Gasteiger partial charge in [0.15, 0.2) is 11.0 Å². The lowest BCUT2D eigenvalue weighted by Crippen LogP contribution is -2.43. The van der Waals surface area contributed by atoms with Gasteiger partial charge in [0.1, 0.15) is 10.9 Å². The van der Waals surface area contributed by atoms with E-state index >= 15 is 0 Å². The monoisotopic (exact) mass is 306 g/mol. The molecule has 1 N–H and O–H groups in total. The maximum atomic E-state index is 13.0. The van der Waals surface area contributed by atoms with Crippen molar-refractivity contribution >= 4 is 21.6 Å². The SMILES string of the molecule is C[C@H](NS(=O)(=O)c1cnc(Cl)c(F)c1)C(F)(F)F. The Labute approximate surface area is 105 Å². The number of alkyl halides is 3. The van der Waals surface area contributed by atoms with Crippen LogP contribution in [0, 0.1) is 5.82 Å². The average Bonchev–Trinajstić information content (AvgIpc) is 2.19. The number of nitrogens with zero attached hydrogens (tertiary/aromatic N) is 1. The van der Waals surface area contributed by atoms with Crippen LogP contribution < -0.4 is 4.72 Å². The van der Waals surface area contributed by atoms with Crippen LogP contribution in [-0.2, 0) is 10.0 Å². The van der Waals surface area contributed by atoms with E-state index in [4.69, 9.17) is 11.6 Å². The fourth-order valence-corrected chi connectivity index (χ4v) is 2.21. The average molecular weight is 307 g/mol. The summed E-state index contributed by atoms with van der Waals surface area (Å²) in [5.41, 5.74) is 0. The Hall–Kier alpha value is -0.930. The molecule has 0 fully saturated rings. The van der Waals surface area contributed by atoms with E-state index in [9.17, 15) is 26.0 Å². The highest BCUT2D eigenvalue weighted by Gasteiger charge is 2.39. The third-order valence-electron chi connectivity index (χ3n) is 1.90. The molecule has 1 atom stereocenters. The molecule has 0 amide bonds. The number of hydrogen-bond acceptors (Lipinski definition) is 3. The van der Waals surface area contributed by atoms with Gasteiger partial charge in [0, 0.05) is 6.20 Å². The van der Waals surface area contributed by atoms with Gasteiger partial charge in [0.25, 0.3) is 0 Å². The summed E-state index contributed by atoms with van der Waals surface area (Å²) in [6.45, 7) is 0.622. The van der Waals surface area contributed by atoms with E-state index in [0.29, 0.717) is 19.2 Å². The van der Waals surface area contributed by atoms with Gasteiger partial charge < -0.3 is 0 Å². The Kier molecular flexibility index (Phi) is 4.19. The molecule has 1 rings (SSSR count). The second kappa shape index (κ2) is 4.98. The maximum absolute atomic E-state index is 13.0. The summed E-state index contributed by atoms with van der Waals surface area (Å²) >= 11 is 5.23. The van der Waals surface area contributed by atoms with Crippen molar-refractivity contribution in [1.29, 1.82) is 0 Å². The number of rotatable bonds is 3. The highest BCUT2D eigenvalue weighted by molar-refractivity contribution is 7.89. The van der Waals surface area contributed by atoms with E-state index in [1.807, 2.05) is 0 Å². The minimum absolute atomic E-state index is 0.487. The van der Waals surface area contributed by atoms with Gasteiger partial charge >= 0.3 is 6.18 Å². The first-order chi connectivity index (χ1) is 8.04. The van der Waals surface area contributed by atoms with Crippen LogP contribution >= 0.6 is 11.6 Å². The van der Waals surface area contributed by atoms with Gasteiger partial charge in [-0.05, 0) is 13.0 Å². The first-order valence-electron chi connectivity index (χ1n) is 4.44. The Morgan fingerprint density at radius 1 is 1.44 bits per heavy atom. The molecule has 0 spiro atoms. The van der Waals surface area contributed by atoms with Gasteiger partial charge in [-0.25, -0.2) is 17.8 Å². The standard InChI is InChI=1S/C8H7ClF4N2O2S/c1-4(8(11,12)13)15-18(16,17)5-2-6(10)7(9)14-3-5/h2-4,15H,1H3/t4-/m0/s1. The normalized spacial score (nSPS) is 14.6. The Morgan fingerprint density at radius 2 is 2.00 bits per heavy atom. The quantitative estimate of drug-likeness (QED) is 0.687. The third kappa shape index (κ3) is 3.53. The summed E-state index contributed by atoms with van der Waals surface area (Å²) < 4.78 is 73.9. The molecule has 0 aliphatic rings. The molecule has 0 saturated heterocycles. The van der Waals surface area contributed by atoms with Crippen LogP contribution in [-0.4, -0.2) is 25.6 Å². The van der Waals surface area contributed by atoms with Gasteiger partial charge in [-0.2, -0.15) is 17.9 Å². The predicted octanol–water partition coefficient (Wildman–Crippen LogP) is 2.10. The first-order valence-corrected chi connectivity index (χ1v) is 6.30. The number of aromatic nitrogens is 1. The summed E-state index contributed by atoms with van der Waals surface area (Å²) in [4.78, 5) is 2.47. The number of halogens is 5. The zero-order chi connectivity index (χ0) is 14.1. The summed E-state index contributed by atoms with van der Waals surface area (Å²) in [5, 5.41) is -0.571. The predicted molar refractivity (Wildman–Crippen MR) is 55.0 cm³/mol. The van der Waals surface area contributed by atoms with Crippen molar-refractivity contribution in [3.8, 4) is 0 Å². The van der Waals surface area contributed by atoms with Gasteiger partial charge in [-0.15, -0.1) is 0 Å². The van der Waals surface area contributed by atoms with Gasteiger partial charge in [-0.1, -0.05) is 11.6 Å². The number of pyridine rings is 1. The van der Waals surface area contributed by atoms with Gasteiger partial charge in [0.05, 0.1) is 0 Å². The molecular formula is C8H7ClF4N2O2S. The van der Waals surface area contributed by atoms with Gasteiger partial charge in [0.2, 0.25) is 10.0 Å². The number of hydrogen-bond donors (Lipinski definition) is 1. The minimum atomic E-state index is -4.74. The zero-order valence-corrected chi connectivity index (χ0v) is 10.4. The summed E-state index contributed by atoms with van der Waals surface area (Å²) in [7, 11) is -4.51. The van der Waals surface area contributed by atoms with E-state index in [2.05, 4.69) is 4.98 Å².